The average molecular weight is 440 g/mol. The number of anilines is 1. The Morgan fingerprint density at radius 1 is 1.00 bits per heavy atom. The van der Waals surface area contributed by atoms with E-state index in [-0.39, 0.29) is 0 Å². The quantitative estimate of drug-likeness (QED) is 0.494. The number of nitrogens with zero attached hydrogens (tertiary/aromatic N) is 3. The van der Waals surface area contributed by atoms with E-state index in [2.05, 4.69) is 69.1 Å². The molecule has 0 saturated carbocycles. The number of guanidine groups is 1. The van der Waals surface area contributed by atoms with Crippen LogP contribution in [0.2, 0.25) is 0 Å². The molecule has 0 amide bonds. The number of hydrogen-bond donors (Lipinski definition) is 2. The van der Waals surface area contributed by atoms with Crippen molar-refractivity contribution in [2.45, 2.75) is 58.2 Å². The Morgan fingerprint density at radius 2 is 1.74 bits per heavy atom. The minimum atomic E-state index is 0.487. The summed E-state index contributed by atoms with van der Waals surface area (Å²) in [4.78, 5) is 9.94. The normalized spacial score (nSPS) is 18.9. The summed E-state index contributed by atoms with van der Waals surface area (Å²) in [6, 6.07) is 13.9. The first-order chi connectivity index (χ1) is 15.3. The monoisotopic (exact) mass is 439 g/mol. The van der Waals surface area contributed by atoms with Crippen molar-refractivity contribution in [2.75, 3.05) is 37.6 Å². The first-order valence-corrected chi connectivity index (χ1v) is 12.8. The van der Waals surface area contributed by atoms with Crippen LogP contribution in [0.3, 0.4) is 0 Å². The second kappa shape index (κ2) is 11.5. The Bertz CT molecular complexity index is 788. The number of piperidine rings is 2. The molecule has 2 aromatic rings. The van der Waals surface area contributed by atoms with Crippen molar-refractivity contribution >= 4 is 22.3 Å². The fourth-order valence-corrected chi connectivity index (χ4v) is 5.29. The third-order valence-corrected chi connectivity index (χ3v) is 7.22. The summed E-state index contributed by atoms with van der Waals surface area (Å²) < 4.78 is 0. The number of benzene rings is 1. The minimum absolute atomic E-state index is 0.487. The number of likely N-dealkylation sites (tertiary alicyclic amines) is 1. The smallest absolute Gasteiger partial charge is 0.191 e. The molecule has 0 unspecified atom stereocenters. The summed E-state index contributed by atoms with van der Waals surface area (Å²) in [5.41, 5.74) is 2.68. The molecule has 2 aliphatic rings. The number of hydrogen-bond acceptors (Lipinski definition) is 4. The Kier molecular flexibility index (Phi) is 8.24. The Labute approximate surface area is 191 Å². The molecular weight excluding hydrogens is 402 g/mol. The average Bonchev–Trinajstić information content (AvgIpc) is 3.35. The van der Waals surface area contributed by atoms with E-state index in [0.717, 1.165) is 45.0 Å². The van der Waals surface area contributed by atoms with Crippen LogP contribution in [0.15, 0.2) is 46.8 Å². The molecule has 31 heavy (non-hydrogen) atoms. The van der Waals surface area contributed by atoms with E-state index in [0.29, 0.717) is 12.6 Å². The highest BCUT2D eigenvalue weighted by atomic mass is 32.1. The second-order valence-corrected chi connectivity index (χ2v) is 9.63. The molecule has 3 heterocycles. The van der Waals surface area contributed by atoms with E-state index < -0.39 is 0 Å². The summed E-state index contributed by atoms with van der Waals surface area (Å²) in [5.74, 6) is 0.939. The van der Waals surface area contributed by atoms with Gasteiger partial charge < -0.3 is 15.5 Å². The number of thiophene rings is 1. The summed E-state index contributed by atoms with van der Waals surface area (Å²) in [5, 5.41) is 10.6. The molecule has 4 rings (SSSR count). The third-order valence-electron chi connectivity index (χ3n) is 6.30. The lowest BCUT2D eigenvalue weighted by Crippen LogP contribution is -2.48. The Morgan fingerprint density at radius 3 is 2.42 bits per heavy atom. The van der Waals surface area contributed by atoms with Gasteiger partial charge >= 0.3 is 0 Å². The molecule has 2 saturated heterocycles. The number of nitrogens with one attached hydrogen (secondary N) is 2. The van der Waals surface area contributed by atoms with Crippen LogP contribution in [-0.4, -0.2) is 49.6 Å². The molecule has 0 spiro atoms. The van der Waals surface area contributed by atoms with E-state index in [1.165, 1.54) is 48.5 Å². The van der Waals surface area contributed by atoms with Gasteiger partial charge in [-0.1, -0.05) is 30.7 Å². The van der Waals surface area contributed by atoms with E-state index in [1.54, 1.807) is 0 Å². The fraction of sp³-hybridized carbons (Fsp3) is 0.560. The van der Waals surface area contributed by atoms with E-state index in [1.807, 2.05) is 11.3 Å². The maximum atomic E-state index is 4.86. The van der Waals surface area contributed by atoms with Crippen LogP contribution in [0.25, 0.3) is 0 Å². The zero-order chi connectivity index (χ0) is 21.3. The molecule has 5 nitrogen and oxygen atoms in total. The molecular formula is C25H37N5S. The number of aliphatic imine (C=N–C) groups is 1. The van der Waals surface area contributed by atoms with Gasteiger partial charge in [0.25, 0.3) is 0 Å². The van der Waals surface area contributed by atoms with Crippen LogP contribution in [0.4, 0.5) is 5.00 Å². The van der Waals surface area contributed by atoms with Crippen LogP contribution >= 0.6 is 11.3 Å². The zero-order valence-electron chi connectivity index (χ0n) is 18.9. The van der Waals surface area contributed by atoms with Crippen LogP contribution in [0, 0.1) is 0 Å². The lowest BCUT2D eigenvalue weighted by molar-refractivity contribution is 0.221. The Hall–Kier alpha value is -2.05. The first kappa shape index (κ1) is 22.2. The first-order valence-electron chi connectivity index (χ1n) is 11.9. The summed E-state index contributed by atoms with van der Waals surface area (Å²) in [6.07, 6.45) is 6.38. The molecule has 0 atom stereocenters. The highest BCUT2D eigenvalue weighted by Crippen LogP contribution is 2.24. The van der Waals surface area contributed by atoms with Crippen LogP contribution in [0.5, 0.6) is 0 Å². The van der Waals surface area contributed by atoms with Crippen LogP contribution < -0.4 is 15.5 Å². The third kappa shape index (κ3) is 6.71. The standard InChI is InChI=1S/C25H37N5S/c1-2-26-25(28-23-12-16-30(17-13-23)24-7-6-18-31-24)27-19-21-8-10-22(11-9-21)20-29-14-4-3-5-15-29/h6-11,18,23H,2-5,12-17,19-20H2,1H3,(H2,26,27,28). The van der Waals surface area contributed by atoms with Crippen molar-refractivity contribution < 1.29 is 0 Å². The predicted molar refractivity (Wildman–Crippen MR) is 133 cm³/mol. The predicted octanol–water partition coefficient (Wildman–Crippen LogP) is 4.46. The van der Waals surface area contributed by atoms with Gasteiger partial charge in [-0.05, 0) is 74.3 Å². The van der Waals surface area contributed by atoms with Gasteiger partial charge in [-0.15, -0.1) is 11.3 Å². The van der Waals surface area contributed by atoms with Crippen molar-refractivity contribution in [3.05, 3.63) is 52.9 Å². The summed E-state index contributed by atoms with van der Waals surface area (Å²) in [6.45, 7) is 9.52. The lowest BCUT2D eigenvalue weighted by Gasteiger charge is -2.33. The largest absolute Gasteiger partial charge is 0.363 e. The molecule has 2 aliphatic heterocycles. The van der Waals surface area contributed by atoms with E-state index >= 15 is 0 Å². The molecule has 0 bridgehead atoms. The van der Waals surface area contributed by atoms with Crippen molar-refractivity contribution in [2.24, 2.45) is 4.99 Å². The van der Waals surface area contributed by atoms with Gasteiger partial charge in [0.1, 0.15) is 0 Å². The lowest BCUT2D eigenvalue weighted by atomic mass is 10.1. The molecule has 6 heteroatoms. The Balaban J connectivity index is 1.26. The maximum absolute atomic E-state index is 4.86. The molecule has 0 radical (unpaired) electrons. The molecule has 1 aromatic carbocycles. The van der Waals surface area contributed by atoms with Gasteiger partial charge in [-0.3, -0.25) is 4.90 Å². The maximum Gasteiger partial charge on any atom is 0.191 e. The van der Waals surface area contributed by atoms with Crippen molar-refractivity contribution in [3.63, 3.8) is 0 Å². The number of rotatable bonds is 7. The van der Waals surface area contributed by atoms with Gasteiger partial charge in [-0.25, -0.2) is 4.99 Å². The molecule has 1 aromatic heterocycles. The fourth-order valence-electron chi connectivity index (χ4n) is 4.50. The van der Waals surface area contributed by atoms with Gasteiger partial charge in [0.2, 0.25) is 0 Å². The van der Waals surface area contributed by atoms with Crippen molar-refractivity contribution in [1.82, 2.24) is 15.5 Å². The molecule has 0 aliphatic carbocycles. The van der Waals surface area contributed by atoms with E-state index in [9.17, 15) is 0 Å². The van der Waals surface area contributed by atoms with Crippen LogP contribution in [-0.2, 0) is 13.1 Å². The van der Waals surface area contributed by atoms with Gasteiger partial charge in [-0.2, -0.15) is 0 Å². The SMILES string of the molecule is CCNC(=NCc1ccc(CN2CCCCC2)cc1)NC1CCN(c2cccs2)CC1. The molecule has 2 fully saturated rings. The second-order valence-electron chi connectivity index (χ2n) is 8.71. The van der Waals surface area contributed by atoms with Crippen molar-refractivity contribution in [1.29, 1.82) is 0 Å². The van der Waals surface area contributed by atoms with Crippen molar-refractivity contribution in [3.8, 4) is 0 Å². The summed E-state index contributed by atoms with van der Waals surface area (Å²) >= 11 is 1.84. The van der Waals surface area contributed by atoms with Gasteiger partial charge in [0.15, 0.2) is 5.96 Å². The summed E-state index contributed by atoms with van der Waals surface area (Å²) in [7, 11) is 0. The van der Waals surface area contributed by atoms with Gasteiger partial charge in [0.05, 0.1) is 11.5 Å². The highest BCUT2D eigenvalue weighted by Gasteiger charge is 2.20. The molecule has 2 N–H and O–H groups in total. The topological polar surface area (TPSA) is 42.9 Å². The molecule has 168 valence electrons. The van der Waals surface area contributed by atoms with E-state index in [4.69, 9.17) is 4.99 Å². The minimum Gasteiger partial charge on any atom is -0.363 e. The van der Waals surface area contributed by atoms with Crippen LogP contribution in [0.1, 0.15) is 50.2 Å². The zero-order valence-corrected chi connectivity index (χ0v) is 19.7. The highest BCUT2D eigenvalue weighted by molar-refractivity contribution is 7.14. The van der Waals surface area contributed by atoms with Gasteiger partial charge in [0, 0.05) is 32.2 Å².